The Morgan fingerprint density at radius 1 is 1.15 bits per heavy atom. The van der Waals surface area contributed by atoms with Crippen molar-refractivity contribution in [2.75, 3.05) is 39.8 Å². The SMILES string of the molecule is CN1CCCC(N2CCNC(Cc3ccccc3)C2)C1. The second kappa shape index (κ2) is 6.70. The molecule has 2 heterocycles. The minimum absolute atomic E-state index is 0.610. The summed E-state index contributed by atoms with van der Waals surface area (Å²) in [5, 5.41) is 3.69. The average Bonchev–Trinajstić information content (AvgIpc) is 2.49. The lowest BCUT2D eigenvalue weighted by atomic mass is 10.00. The summed E-state index contributed by atoms with van der Waals surface area (Å²) in [6.45, 7) is 6.07. The summed E-state index contributed by atoms with van der Waals surface area (Å²) in [4.78, 5) is 5.21. The van der Waals surface area contributed by atoms with Gasteiger partial charge in [0.2, 0.25) is 0 Å². The summed E-state index contributed by atoms with van der Waals surface area (Å²) in [5.41, 5.74) is 1.45. The number of hydrogen-bond acceptors (Lipinski definition) is 3. The van der Waals surface area contributed by atoms with E-state index in [1.54, 1.807) is 0 Å². The number of piperazine rings is 1. The van der Waals surface area contributed by atoms with E-state index >= 15 is 0 Å². The average molecular weight is 273 g/mol. The highest BCUT2D eigenvalue weighted by atomic mass is 15.3. The molecule has 2 aliphatic heterocycles. The molecule has 0 aromatic heterocycles. The van der Waals surface area contributed by atoms with Crippen molar-refractivity contribution in [1.82, 2.24) is 15.1 Å². The van der Waals surface area contributed by atoms with Gasteiger partial charge >= 0.3 is 0 Å². The molecule has 0 amide bonds. The van der Waals surface area contributed by atoms with Crippen molar-refractivity contribution in [3.8, 4) is 0 Å². The highest BCUT2D eigenvalue weighted by Crippen LogP contribution is 2.17. The van der Waals surface area contributed by atoms with Crippen molar-refractivity contribution in [3.05, 3.63) is 35.9 Å². The van der Waals surface area contributed by atoms with Crippen molar-refractivity contribution in [1.29, 1.82) is 0 Å². The van der Waals surface area contributed by atoms with Crippen LogP contribution in [0.4, 0.5) is 0 Å². The van der Waals surface area contributed by atoms with Crippen molar-refractivity contribution in [2.24, 2.45) is 0 Å². The Morgan fingerprint density at radius 2 is 2.00 bits per heavy atom. The number of nitrogens with one attached hydrogen (secondary N) is 1. The quantitative estimate of drug-likeness (QED) is 0.902. The van der Waals surface area contributed by atoms with Gasteiger partial charge in [0.25, 0.3) is 0 Å². The minimum atomic E-state index is 0.610. The topological polar surface area (TPSA) is 18.5 Å². The Labute approximate surface area is 123 Å². The van der Waals surface area contributed by atoms with Crippen molar-refractivity contribution >= 4 is 0 Å². The largest absolute Gasteiger partial charge is 0.311 e. The van der Waals surface area contributed by atoms with E-state index in [1.807, 2.05) is 0 Å². The van der Waals surface area contributed by atoms with Crippen LogP contribution in [0.15, 0.2) is 30.3 Å². The minimum Gasteiger partial charge on any atom is -0.311 e. The smallest absolute Gasteiger partial charge is 0.0236 e. The predicted molar refractivity (Wildman–Crippen MR) is 84.0 cm³/mol. The number of hydrogen-bond donors (Lipinski definition) is 1. The van der Waals surface area contributed by atoms with Gasteiger partial charge < -0.3 is 10.2 Å². The van der Waals surface area contributed by atoms with Gasteiger partial charge in [0.05, 0.1) is 0 Å². The molecule has 0 spiro atoms. The molecule has 2 atom stereocenters. The lowest BCUT2D eigenvalue weighted by Gasteiger charge is -2.42. The zero-order chi connectivity index (χ0) is 13.8. The normalized spacial score (nSPS) is 29.4. The summed E-state index contributed by atoms with van der Waals surface area (Å²) in [5.74, 6) is 0. The fourth-order valence-electron chi connectivity index (χ4n) is 3.66. The van der Waals surface area contributed by atoms with Gasteiger partial charge in [-0.3, -0.25) is 4.90 Å². The number of piperidine rings is 1. The van der Waals surface area contributed by atoms with E-state index in [-0.39, 0.29) is 0 Å². The summed E-state index contributed by atoms with van der Waals surface area (Å²) in [6.07, 6.45) is 3.89. The Balaban J connectivity index is 1.56. The van der Waals surface area contributed by atoms with E-state index < -0.39 is 0 Å². The molecule has 3 heteroatoms. The van der Waals surface area contributed by atoms with E-state index in [2.05, 4.69) is 52.5 Å². The molecule has 3 nitrogen and oxygen atoms in total. The third-order valence-corrected chi connectivity index (χ3v) is 4.73. The van der Waals surface area contributed by atoms with Gasteiger partial charge in [-0.05, 0) is 38.4 Å². The van der Waals surface area contributed by atoms with Crippen LogP contribution in [-0.4, -0.2) is 61.7 Å². The fraction of sp³-hybridized carbons (Fsp3) is 0.647. The third kappa shape index (κ3) is 3.60. The standard InChI is InChI=1S/C17H27N3/c1-19-10-5-8-17(14-19)20-11-9-18-16(13-20)12-15-6-3-2-4-7-15/h2-4,6-7,16-18H,5,8-14H2,1H3. The maximum atomic E-state index is 3.69. The molecule has 2 unspecified atom stereocenters. The lowest BCUT2D eigenvalue weighted by molar-refractivity contribution is 0.0847. The Kier molecular flexibility index (Phi) is 4.71. The number of likely N-dealkylation sites (tertiary alicyclic amines) is 1. The van der Waals surface area contributed by atoms with Crippen LogP contribution in [0.25, 0.3) is 0 Å². The van der Waals surface area contributed by atoms with Gasteiger partial charge in [-0.2, -0.15) is 0 Å². The molecule has 1 aromatic rings. The lowest BCUT2D eigenvalue weighted by Crippen LogP contribution is -2.57. The van der Waals surface area contributed by atoms with Crippen LogP contribution >= 0.6 is 0 Å². The molecule has 3 rings (SSSR count). The van der Waals surface area contributed by atoms with Crippen LogP contribution in [-0.2, 0) is 6.42 Å². The molecule has 0 bridgehead atoms. The van der Waals surface area contributed by atoms with E-state index in [4.69, 9.17) is 0 Å². The molecular formula is C17H27N3. The first-order valence-corrected chi connectivity index (χ1v) is 8.01. The van der Waals surface area contributed by atoms with Crippen molar-refractivity contribution < 1.29 is 0 Å². The zero-order valence-corrected chi connectivity index (χ0v) is 12.6. The van der Waals surface area contributed by atoms with E-state index in [0.29, 0.717) is 6.04 Å². The fourth-order valence-corrected chi connectivity index (χ4v) is 3.66. The van der Waals surface area contributed by atoms with Gasteiger partial charge in [0, 0.05) is 38.3 Å². The molecule has 2 fully saturated rings. The summed E-state index contributed by atoms with van der Waals surface area (Å²) in [6, 6.07) is 12.3. The first-order valence-electron chi connectivity index (χ1n) is 8.01. The maximum Gasteiger partial charge on any atom is 0.0236 e. The molecule has 2 saturated heterocycles. The molecule has 0 radical (unpaired) electrons. The van der Waals surface area contributed by atoms with Crippen LogP contribution in [0, 0.1) is 0 Å². The van der Waals surface area contributed by atoms with E-state index in [0.717, 1.165) is 19.0 Å². The highest BCUT2D eigenvalue weighted by Gasteiger charge is 2.28. The van der Waals surface area contributed by atoms with Crippen LogP contribution < -0.4 is 5.32 Å². The van der Waals surface area contributed by atoms with Crippen LogP contribution in [0.5, 0.6) is 0 Å². The van der Waals surface area contributed by atoms with Gasteiger partial charge in [0.15, 0.2) is 0 Å². The van der Waals surface area contributed by atoms with E-state index in [1.165, 1.54) is 44.6 Å². The third-order valence-electron chi connectivity index (χ3n) is 4.73. The molecule has 1 aromatic carbocycles. The van der Waals surface area contributed by atoms with Crippen molar-refractivity contribution in [3.63, 3.8) is 0 Å². The zero-order valence-electron chi connectivity index (χ0n) is 12.6. The van der Waals surface area contributed by atoms with Crippen LogP contribution in [0.3, 0.4) is 0 Å². The second-order valence-electron chi connectivity index (χ2n) is 6.39. The molecule has 0 aliphatic carbocycles. The summed E-state index contributed by atoms with van der Waals surface area (Å²) in [7, 11) is 2.26. The molecular weight excluding hydrogens is 246 g/mol. The monoisotopic (exact) mass is 273 g/mol. The highest BCUT2D eigenvalue weighted by molar-refractivity contribution is 5.16. The van der Waals surface area contributed by atoms with Gasteiger partial charge in [0.1, 0.15) is 0 Å². The maximum absolute atomic E-state index is 3.69. The van der Waals surface area contributed by atoms with Crippen molar-refractivity contribution in [2.45, 2.75) is 31.3 Å². The number of benzene rings is 1. The second-order valence-corrected chi connectivity index (χ2v) is 6.39. The molecule has 110 valence electrons. The molecule has 2 aliphatic rings. The Morgan fingerprint density at radius 3 is 2.80 bits per heavy atom. The molecule has 0 saturated carbocycles. The Bertz CT molecular complexity index is 406. The van der Waals surface area contributed by atoms with E-state index in [9.17, 15) is 0 Å². The van der Waals surface area contributed by atoms with Gasteiger partial charge in [-0.25, -0.2) is 0 Å². The number of nitrogens with zero attached hydrogens (tertiary/aromatic N) is 2. The summed E-state index contributed by atoms with van der Waals surface area (Å²) < 4.78 is 0. The number of rotatable bonds is 3. The molecule has 20 heavy (non-hydrogen) atoms. The van der Waals surface area contributed by atoms with Gasteiger partial charge in [-0.1, -0.05) is 30.3 Å². The van der Waals surface area contributed by atoms with Gasteiger partial charge in [-0.15, -0.1) is 0 Å². The Hall–Kier alpha value is -0.900. The van der Waals surface area contributed by atoms with Crippen LogP contribution in [0.2, 0.25) is 0 Å². The van der Waals surface area contributed by atoms with Crippen LogP contribution in [0.1, 0.15) is 18.4 Å². The number of likely N-dealkylation sites (N-methyl/N-ethyl adjacent to an activating group) is 1. The summed E-state index contributed by atoms with van der Waals surface area (Å²) >= 11 is 0. The predicted octanol–water partition coefficient (Wildman–Crippen LogP) is 1.60. The molecule has 1 N–H and O–H groups in total. The first-order chi connectivity index (χ1) is 9.81. The first kappa shape index (κ1) is 14.1.